The van der Waals surface area contributed by atoms with E-state index in [0.717, 1.165) is 5.56 Å². The normalized spacial score (nSPS) is 15.6. The number of benzene rings is 2. The van der Waals surface area contributed by atoms with Crippen LogP contribution in [0.15, 0.2) is 42.5 Å². The van der Waals surface area contributed by atoms with Gasteiger partial charge in [-0.2, -0.15) is 4.31 Å². The molecule has 1 aliphatic rings. The van der Waals surface area contributed by atoms with Gasteiger partial charge < -0.3 is 14.8 Å². The van der Waals surface area contributed by atoms with E-state index < -0.39 is 10.0 Å². The highest BCUT2D eigenvalue weighted by molar-refractivity contribution is 7.88. The number of nitrogens with zero attached hydrogens (tertiary/aromatic N) is 2. The van der Waals surface area contributed by atoms with Crippen molar-refractivity contribution in [2.45, 2.75) is 6.54 Å². The van der Waals surface area contributed by atoms with Crippen LogP contribution in [0.4, 0.5) is 5.69 Å². The zero-order chi connectivity index (χ0) is 21.7. The summed E-state index contributed by atoms with van der Waals surface area (Å²) in [7, 11) is -0.0400. The van der Waals surface area contributed by atoms with Gasteiger partial charge in [0.1, 0.15) is 0 Å². The van der Waals surface area contributed by atoms with Gasteiger partial charge in [-0.1, -0.05) is 12.1 Å². The Balaban J connectivity index is 1.63. The Kier molecular flexibility index (Phi) is 6.96. The zero-order valence-corrected chi connectivity index (χ0v) is 18.2. The van der Waals surface area contributed by atoms with Crippen molar-refractivity contribution in [3.8, 4) is 11.5 Å². The van der Waals surface area contributed by atoms with Crippen LogP contribution in [0.1, 0.15) is 15.9 Å². The van der Waals surface area contributed by atoms with Crippen LogP contribution >= 0.6 is 0 Å². The summed E-state index contributed by atoms with van der Waals surface area (Å²) in [6, 6.07) is 12.6. The van der Waals surface area contributed by atoms with E-state index in [-0.39, 0.29) is 5.91 Å². The average molecular weight is 434 g/mol. The molecule has 2 aromatic carbocycles. The highest BCUT2D eigenvalue weighted by Gasteiger charge is 2.23. The van der Waals surface area contributed by atoms with Gasteiger partial charge in [0.2, 0.25) is 10.0 Å². The number of hydrogen-bond donors (Lipinski definition) is 1. The summed E-state index contributed by atoms with van der Waals surface area (Å²) in [6.45, 7) is 2.95. The van der Waals surface area contributed by atoms with Crippen molar-refractivity contribution < 1.29 is 22.7 Å². The highest BCUT2D eigenvalue weighted by Crippen LogP contribution is 2.30. The molecule has 30 heavy (non-hydrogen) atoms. The Bertz CT molecular complexity index is 1000. The molecule has 0 radical (unpaired) electrons. The minimum absolute atomic E-state index is 0.217. The molecule has 0 aliphatic carbocycles. The Morgan fingerprint density at radius 2 is 1.70 bits per heavy atom. The molecule has 9 heteroatoms. The van der Waals surface area contributed by atoms with E-state index in [4.69, 9.17) is 9.47 Å². The minimum Gasteiger partial charge on any atom is -0.493 e. The fraction of sp³-hybridized carbons (Fsp3) is 0.381. The quantitative estimate of drug-likeness (QED) is 0.719. The lowest BCUT2D eigenvalue weighted by Gasteiger charge is -2.33. The summed E-state index contributed by atoms with van der Waals surface area (Å²) >= 11 is 0. The molecule has 0 aromatic heterocycles. The Morgan fingerprint density at radius 1 is 1.00 bits per heavy atom. The van der Waals surface area contributed by atoms with E-state index in [1.807, 2.05) is 18.2 Å². The van der Waals surface area contributed by atoms with Crippen LogP contribution in [0.5, 0.6) is 11.5 Å². The number of carbonyl (C=O) groups excluding carboxylic acids is 1. The lowest BCUT2D eigenvalue weighted by Crippen LogP contribution is -2.47. The second kappa shape index (κ2) is 9.46. The summed E-state index contributed by atoms with van der Waals surface area (Å²) in [4.78, 5) is 14.9. The minimum atomic E-state index is -3.14. The number of methoxy groups -OCH3 is 2. The molecule has 0 unspecified atom stereocenters. The van der Waals surface area contributed by atoms with Crippen LogP contribution in [-0.2, 0) is 16.6 Å². The van der Waals surface area contributed by atoms with Crippen molar-refractivity contribution in [1.29, 1.82) is 0 Å². The van der Waals surface area contributed by atoms with Gasteiger partial charge in [0, 0.05) is 50.0 Å². The second-order valence-electron chi connectivity index (χ2n) is 7.16. The molecule has 0 bridgehead atoms. The second-order valence-corrected chi connectivity index (χ2v) is 9.14. The van der Waals surface area contributed by atoms with E-state index >= 15 is 0 Å². The fourth-order valence-corrected chi connectivity index (χ4v) is 4.23. The van der Waals surface area contributed by atoms with Crippen molar-refractivity contribution in [1.82, 2.24) is 9.21 Å². The van der Waals surface area contributed by atoms with Crippen molar-refractivity contribution in [2.24, 2.45) is 0 Å². The monoisotopic (exact) mass is 433 g/mol. The summed E-state index contributed by atoms with van der Waals surface area (Å²) in [5.41, 5.74) is 2.17. The number of anilines is 1. The smallest absolute Gasteiger partial charge is 0.255 e. The number of sulfonamides is 1. The van der Waals surface area contributed by atoms with Gasteiger partial charge in [-0.25, -0.2) is 8.42 Å². The SMILES string of the molecule is COc1ccc(NC(=O)c2cccc(CN3CCN(S(C)(=O)=O)CC3)c2)cc1OC. The topological polar surface area (TPSA) is 88.2 Å². The summed E-state index contributed by atoms with van der Waals surface area (Å²) < 4.78 is 35.3. The van der Waals surface area contributed by atoms with E-state index in [0.29, 0.717) is 55.5 Å². The summed E-state index contributed by atoms with van der Waals surface area (Å²) in [5.74, 6) is 0.914. The van der Waals surface area contributed by atoms with E-state index in [2.05, 4.69) is 10.2 Å². The van der Waals surface area contributed by atoms with Gasteiger partial charge >= 0.3 is 0 Å². The molecule has 0 atom stereocenters. The Morgan fingerprint density at radius 3 is 2.33 bits per heavy atom. The predicted molar refractivity (Wildman–Crippen MR) is 116 cm³/mol. The molecule has 162 valence electrons. The van der Waals surface area contributed by atoms with Crippen LogP contribution in [0, 0.1) is 0 Å². The molecule has 3 rings (SSSR count). The molecule has 1 amide bonds. The Hall–Kier alpha value is -2.62. The maximum atomic E-state index is 12.7. The molecule has 0 spiro atoms. The van der Waals surface area contributed by atoms with Crippen molar-refractivity contribution in [3.05, 3.63) is 53.6 Å². The Labute approximate surface area is 177 Å². The first-order valence-corrected chi connectivity index (χ1v) is 11.4. The van der Waals surface area contributed by atoms with Gasteiger partial charge in [0.15, 0.2) is 11.5 Å². The van der Waals surface area contributed by atoms with Gasteiger partial charge in [-0.3, -0.25) is 9.69 Å². The van der Waals surface area contributed by atoms with Gasteiger partial charge in [-0.05, 0) is 29.8 Å². The number of nitrogens with one attached hydrogen (secondary N) is 1. The number of carbonyl (C=O) groups is 1. The lowest BCUT2D eigenvalue weighted by atomic mass is 10.1. The van der Waals surface area contributed by atoms with Crippen LogP contribution in [0.2, 0.25) is 0 Å². The average Bonchev–Trinajstić information content (AvgIpc) is 2.73. The van der Waals surface area contributed by atoms with Crippen LogP contribution in [0.25, 0.3) is 0 Å². The molecule has 1 aliphatic heterocycles. The lowest BCUT2D eigenvalue weighted by molar-refractivity contribution is 0.102. The first-order valence-electron chi connectivity index (χ1n) is 9.60. The van der Waals surface area contributed by atoms with Crippen LogP contribution in [-0.4, -0.2) is 70.2 Å². The largest absolute Gasteiger partial charge is 0.493 e. The van der Waals surface area contributed by atoms with Crippen molar-refractivity contribution in [3.63, 3.8) is 0 Å². The molecule has 0 saturated carbocycles. The number of piperazine rings is 1. The zero-order valence-electron chi connectivity index (χ0n) is 17.4. The standard InChI is InChI=1S/C21H27N3O5S/c1-28-19-8-7-18(14-20(19)29-2)22-21(25)17-6-4-5-16(13-17)15-23-9-11-24(12-10-23)30(3,26)27/h4-8,13-14H,9-12,15H2,1-3H3,(H,22,25). The molecule has 2 aromatic rings. The maximum Gasteiger partial charge on any atom is 0.255 e. The van der Waals surface area contributed by atoms with Gasteiger partial charge in [-0.15, -0.1) is 0 Å². The molecular formula is C21H27N3O5S. The summed E-state index contributed by atoms with van der Waals surface area (Å²) in [5, 5.41) is 2.88. The number of ether oxygens (including phenoxy) is 2. The molecule has 1 saturated heterocycles. The summed E-state index contributed by atoms with van der Waals surface area (Å²) in [6.07, 6.45) is 1.24. The van der Waals surface area contributed by atoms with Gasteiger partial charge in [0.05, 0.1) is 20.5 Å². The predicted octanol–water partition coefficient (Wildman–Crippen LogP) is 2.03. The molecule has 8 nitrogen and oxygen atoms in total. The van der Waals surface area contributed by atoms with Crippen LogP contribution in [0.3, 0.4) is 0 Å². The van der Waals surface area contributed by atoms with Crippen LogP contribution < -0.4 is 14.8 Å². The van der Waals surface area contributed by atoms with E-state index in [9.17, 15) is 13.2 Å². The number of hydrogen-bond acceptors (Lipinski definition) is 6. The van der Waals surface area contributed by atoms with Crippen molar-refractivity contribution >= 4 is 21.6 Å². The number of rotatable bonds is 7. The molecule has 1 fully saturated rings. The first-order chi connectivity index (χ1) is 14.3. The number of amides is 1. The van der Waals surface area contributed by atoms with Gasteiger partial charge in [0.25, 0.3) is 5.91 Å². The van der Waals surface area contributed by atoms with E-state index in [1.165, 1.54) is 10.6 Å². The third kappa shape index (κ3) is 5.50. The molecule has 1 N–H and O–H groups in total. The first kappa shape index (κ1) is 22.1. The third-order valence-corrected chi connectivity index (χ3v) is 6.34. The molecule has 1 heterocycles. The fourth-order valence-electron chi connectivity index (χ4n) is 3.41. The highest BCUT2D eigenvalue weighted by atomic mass is 32.2. The maximum absolute atomic E-state index is 12.7. The third-order valence-electron chi connectivity index (χ3n) is 5.04. The van der Waals surface area contributed by atoms with E-state index in [1.54, 1.807) is 38.5 Å². The van der Waals surface area contributed by atoms with Crippen molar-refractivity contribution in [2.75, 3.05) is 52.0 Å². The molecular weight excluding hydrogens is 406 g/mol.